The molecule has 0 fully saturated rings. The maximum Gasteiger partial charge on any atom is 0.130 e. The smallest absolute Gasteiger partial charge is 0.130 e. The highest BCUT2D eigenvalue weighted by atomic mass is 35.5. The number of nitrogens with zero attached hydrogens (tertiary/aromatic N) is 2. The summed E-state index contributed by atoms with van der Waals surface area (Å²) in [5, 5.41) is 8.55. The number of nitrogens with one attached hydrogen (secondary N) is 1. The summed E-state index contributed by atoms with van der Waals surface area (Å²) in [6.45, 7) is 9.62. The summed E-state index contributed by atoms with van der Waals surface area (Å²) >= 11 is 6.22. The lowest BCUT2D eigenvalue weighted by atomic mass is 9.95. The lowest BCUT2D eigenvalue weighted by Crippen LogP contribution is -2.33. The third-order valence-corrected chi connectivity index (χ3v) is 3.65. The molecule has 1 N–H and O–H groups in total. The van der Waals surface area contributed by atoms with Gasteiger partial charge < -0.3 is 5.32 Å². The minimum absolute atomic E-state index is 0.501. The minimum Gasteiger partial charge on any atom is -0.314 e. The average Bonchev–Trinajstić information content (AvgIpc) is 2.45. The van der Waals surface area contributed by atoms with Gasteiger partial charge in [-0.25, -0.2) is 0 Å². The number of aromatic nitrogens is 2. The first-order chi connectivity index (χ1) is 7.47. The molecule has 2 unspecified atom stereocenters. The number of halogens is 1. The van der Waals surface area contributed by atoms with Gasteiger partial charge in [-0.05, 0) is 32.7 Å². The summed E-state index contributed by atoms with van der Waals surface area (Å²) in [6, 6.07) is 0.501. The topological polar surface area (TPSA) is 29.9 Å². The lowest BCUT2D eigenvalue weighted by Gasteiger charge is -2.20. The fourth-order valence-corrected chi connectivity index (χ4v) is 2.18. The summed E-state index contributed by atoms with van der Waals surface area (Å²) in [5.74, 6) is 0.556. The van der Waals surface area contributed by atoms with Crippen LogP contribution in [0, 0.1) is 12.8 Å². The molecule has 92 valence electrons. The second-order valence-electron chi connectivity index (χ2n) is 4.51. The molecule has 0 radical (unpaired) electrons. The zero-order valence-corrected chi connectivity index (χ0v) is 11.6. The van der Waals surface area contributed by atoms with Crippen LogP contribution < -0.4 is 5.32 Å². The van der Waals surface area contributed by atoms with Crippen LogP contribution in [0.3, 0.4) is 0 Å². The van der Waals surface area contributed by atoms with Gasteiger partial charge in [0.05, 0.1) is 5.69 Å². The lowest BCUT2D eigenvalue weighted by molar-refractivity contribution is 0.406. The molecule has 0 bridgehead atoms. The Morgan fingerprint density at radius 2 is 2.06 bits per heavy atom. The summed E-state index contributed by atoms with van der Waals surface area (Å²) in [5.41, 5.74) is 2.23. The van der Waals surface area contributed by atoms with E-state index in [9.17, 15) is 0 Å². The van der Waals surface area contributed by atoms with Gasteiger partial charge in [0, 0.05) is 18.7 Å². The molecule has 0 spiro atoms. The van der Waals surface area contributed by atoms with Crippen molar-refractivity contribution in [2.45, 2.75) is 40.2 Å². The van der Waals surface area contributed by atoms with Crippen LogP contribution in [0.2, 0.25) is 5.15 Å². The first-order valence-electron chi connectivity index (χ1n) is 5.88. The van der Waals surface area contributed by atoms with Gasteiger partial charge in [0.1, 0.15) is 5.15 Å². The number of hydrogen-bond donors (Lipinski definition) is 1. The maximum atomic E-state index is 6.22. The minimum atomic E-state index is 0.501. The highest BCUT2D eigenvalue weighted by Gasteiger charge is 2.17. The molecule has 1 aromatic heterocycles. The first kappa shape index (κ1) is 13.5. The Kier molecular flexibility index (Phi) is 4.81. The molecule has 1 rings (SSSR count). The molecule has 0 amide bonds. The monoisotopic (exact) mass is 243 g/mol. The molecular weight excluding hydrogens is 222 g/mol. The Hall–Kier alpha value is -0.540. The fraction of sp³-hybridized carbons (Fsp3) is 0.750. The van der Waals surface area contributed by atoms with E-state index in [0.29, 0.717) is 12.0 Å². The van der Waals surface area contributed by atoms with Gasteiger partial charge in [0.25, 0.3) is 0 Å². The molecule has 0 aliphatic carbocycles. The van der Waals surface area contributed by atoms with Gasteiger partial charge >= 0.3 is 0 Å². The Morgan fingerprint density at radius 1 is 1.44 bits per heavy atom. The second kappa shape index (κ2) is 5.69. The van der Waals surface area contributed by atoms with Crippen molar-refractivity contribution in [3.8, 4) is 0 Å². The van der Waals surface area contributed by atoms with Crippen molar-refractivity contribution in [1.82, 2.24) is 15.1 Å². The van der Waals surface area contributed by atoms with Crippen LogP contribution in [0.25, 0.3) is 0 Å². The van der Waals surface area contributed by atoms with Crippen molar-refractivity contribution in [2.75, 3.05) is 6.54 Å². The van der Waals surface area contributed by atoms with E-state index in [0.717, 1.165) is 23.8 Å². The van der Waals surface area contributed by atoms with Crippen LogP contribution in [0.4, 0.5) is 0 Å². The molecule has 0 aliphatic heterocycles. The van der Waals surface area contributed by atoms with E-state index < -0.39 is 0 Å². The first-order valence-corrected chi connectivity index (χ1v) is 6.26. The molecule has 3 nitrogen and oxygen atoms in total. The van der Waals surface area contributed by atoms with Crippen molar-refractivity contribution >= 4 is 11.6 Å². The van der Waals surface area contributed by atoms with Gasteiger partial charge in [-0.2, -0.15) is 5.10 Å². The fourth-order valence-electron chi connectivity index (χ4n) is 1.93. The highest BCUT2D eigenvalue weighted by molar-refractivity contribution is 6.30. The van der Waals surface area contributed by atoms with Crippen LogP contribution in [-0.2, 0) is 13.5 Å². The molecule has 16 heavy (non-hydrogen) atoms. The number of hydrogen-bond acceptors (Lipinski definition) is 2. The predicted octanol–water partition coefficient (Wildman–Crippen LogP) is 2.56. The van der Waals surface area contributed by atoms with E-state index in [1.54, 1.807) is 4.68 Å². The summed E-state index contributed by atoms with van der Waals surface area (Å²) in [4.78, 5) is 0. The average molecular weight is 244 g/mol. The molecule has 0 saturated heterocycles. The summed E-state index contributed by atoms with van der Waals surface area (Å²) in [7, 11) is 1.89. The molecule has 0 aromatic carbocycles. The normalized spacial score (nSPS) is 15.1. The Labute approximate surface area is 103 Å². The van der Waals surface area contributed by atoms with Crippen LogP contribution in [-0.4, -0.2) is 22.4 Å². The van der Waals surface area contributed by atoms with Crippen molar-refractivity contribution in [2.24, 2.45) is 13.0 Å². The third kappa shape index (κ3) is 2.98. The van der Waals surface area contributed by atoms with Crippen molar-refractivity contribution < 1.29 is 0 Å². The van der Waals surface area contributed by atoms with E-state index in [2.05, 4.69) is 31.2 Å². The number of rotatable bonds is 5. The standard InChI is InChI=1S/C12H22ClN3/c1-6-14-9(3)8(2)7-11-10(4)15-16(5)12(11)13/h8-9,14H,6-7H2,1-5H3. The maximum absolute atomic E-state index is 6.22. The van der Waals surface area contributed by atoms with Crippen molar-refractivity contribution in [1.29, 1.82) is 0 Å². The van der Waals surface area contributed by atoms with Gasteiger partial charge in [0.15, 0.2) is 0 Å². The van der Waals surface area contributed by atoms with Gasteiger partial charge in [-0.3, -0.25) is 4.68 Å². The molecular formula is C12H22ClN3. The zero-order valence-electron chi connectivity index (χ0n) is 10.8. The zero-order chi connectivity index (χ0) is 12.3. The van der Waals surface area contributed by atoms with Crippen LogP contribution in [0.15, 0.2) is 0 Å². The largest absolute Gasteiger partial charge is 0.314 e. The van der Waals surface area contributed by atoms with E-state index in [1.807, 2.05) is 14.0 Å². The predicted molar refractivity (Wildman–Crippen MR) is 69.0 cm³/mol. The quantitative estimate of drug-likeness (QED) is 0.862. The Bertz CT molecular complexity index is 346. The molecule has 0 saturated carbocycles. The van der Waals surface area contributed by atoms with Crippen LogP contribution in [0.1, 0.15) is 32.0 Å². The van der Waals surface area contributed by atoms with Gasteiger partial charge in [-0.1, -0.05) is 25.4 Å². The summed E-state index contributed by atoms with van der Waals surface area (Å²) < 4.78 is 1.75. The molecule has 1 aromatic rings. The van der Waals surface area contributed by atoms with E-state index >= 15 is 0 Å². The highest BCUT2D eigenvalue weighted by Crippen LogP contribution is 2.23. The number of aryl methyl sites for hydroxylation is 2. The van der Waals surface area contributed by atoms with Crippen LogP contribution in [0.5, 0.6) is 0 Å². The van der Waals surface area contributed by atoms with Gasteiger partial charge in [-0.15, -0.1) is 0 Å². The van der Waals surface area contributed by atoms with Gasteiger partial charge in [0.2, 0.25) is 0 Å². The molecule has 4 heteroatoms. The molecule has 0 aliphatic rings. The second-order valence-corrected chi connectivity index (χ2v) is 4.86. The van der Waals surface area contributed by atoms with Crippen molar-refractivity contribution in [3.63, 3.8) is 0 Å². The molecule has 2 atom stereocenters. The van der Waals surface area contributed by atoms with Crippen molar-refractivity contribution in [3.05, 3.63) is 16.4 Å². The van der Waals surface area contributed by atoms with E-state index in [4.69, 9.17) is 11.6 Å². The van der Waals surface area contributed by atoms with E-state index in [-0.39, 0.29) is 0 Å². The SMILES string of the molecule is CCNC(C)C(C)Cc1c(C)nn(C)c1Cl. The van der Waals surface area contributed by atoms with E-state index in [1.165, 1.54) is 5.56 Å². The van der Waals surface area contributed by atoms with Crippen LogP contribution >= 0.6 is 11.6 Å². The Balaban J connectivity index is 2.72. The Morgan fingerprint density at radius 3 is 2.50 bits per heavy atom. The summed E-state index contributed by atoms with van der Waals surface area (Å²) in [6.07, 6.45) is 0.979. The third-order valence-electron chi connectivity index (χ3n) is 3.18. The molecule has 1 heterocycles.